The number of nitrogens with one attached hydrogen (secondary N) is 1. The second-order valence-electron chi connectivity index (χ2n) is 5.21. The molecule has 0 spiro atoms. The molecule has 0 bridgehead atoms. The molecule has 3 nitrogen and oxygen atoms in total. The van der Waals surface area contributed by atoms with E-state index in [1.165, 1.54) is 56.0 Å². The second kappa shape index (κ2) is 5.21. The molecule has 2 saturated heterocycles. The highest BCUT2D eigenvalue weighted by molar-refractivity contribution is 8.26. The van der Waals surface area contributed by atoms with Crippen LogP contribution in [0, 0.1) is 0 Å². The summed E-state index contributed by atoms with van der Waals surface area (Å²) in [6.07, 6.45) is 8.82. The normalized spacial score (nSPS) is 30.1. The van der Waals surface area contributed by atoms with Crippen molar-refractivity contribution in [2.75, 3.05) is 6.54 Å². The van der Waals surface area contributed by atoms with Gasteiger partial charge in [0.05, 0.1) is 4.91 Å². The van der Waals surface area contributed by atoms with Gasteiger partial charge in [-0.3, -0.25) is 4.79 Å². The highest BCUT2D eigenvalue weighted by Gasteiger charge is 2.33. The van der Waals surface area contributed by atoms with E-state index in [1.54, 1.807) is 0 Å². The lowest BCUT2D eigenvalue weighted by Crippen LogP contribution is -2.34. The van der Waals surface area contributed by atoms with Crippen LogP contribution in [0.4, 0.5) is 0 Å². The number of amides is 1. The molecule has 0 atom stereocenters. The molecule has 3 aliphatic rings. The predicted molar refractivity (Wildman–Crippen MR) is 78.2 cm³/mol. The number of carbonyl (C=O) groups excluding carboxylic acids is 1. The molecular formula is C13H18N2OS2. The van der Waals surface area contributed by atoms with E-state index < -0.39 is 0 Å². The Morgan fingerprint density at radius 3 is 2.67 bits per heavy atom. The number of thiocarbonyl (C=S) groups is 1. The van der Waals surface area contributed by atoms with Gasteiger partial charge in [0, 0.05) is 18.3 Å². The number of rotatable bonds is 1. The van der Waals surface area contributed by atoms with Crippen LogP contribution in [0.2, 0.25) is 0 Å². The Morgan fingerprint density at radius 2 is 2.00 bits per heavy atom. The van der Waals surface area contributed by atoms with Crippen molar-refractivity contribution < 1.29 is 4.79 Å². The van der Waals surface area contributed by atoms with Crippen molar-refractivity contribution in [2.24, 2.45) is 0 Å². The molecule has 1 saturated carbocycles. The number of carbonyl (C=O) groups is 1. The molecule has 18 heavy (non-hydrogen) atoms. The third kappa shape index (κ3) is 2.30. The largest absolute Gasteiger partial charge is 0.371 e. The summed E-state index contributed by atoms with van der Waals surface area (Å²) in [7, 11) is 0. The number of hydrogen-bond donors (Lipinski definition) is 1. The van der Waals surface area contributed by atoms with Crippen molar-refractivity contribution in [3.05, 3.63) is 10.6 Å². The monoisotopic (exact) mass is 282 g/mol. The average Bonchev–Trinajstić information content (AvgIpc) is 2.96. The van der Waals surface area contributed by atoms with E-state index >= 15 is 0 Å². The van der Waals surface area contributed by atoms with Gasteiger partial charge in [-0.1, -0.05) is 43.2 Å². The highest BCUT2D eigenvalue weighted by atomic mass is 32.2. The van der Waals surface area contributed by atoms with Crippen LogP contribution in [0.1, 0.15) is 44.9 Å². The van der Waals surface area contributed by atoms with Crippen LogP contribution in [0.25, 0.3) is 0 Å². The number of hydrogen-bond acceptors (Lipinski definition) is 4. The molecule has 0 aromatic carbocycles. The first kappa shape index (κ1) is 12.5. The van der Waals surface area contributed by atoms with Crippen molar-refractivity contribution >= 4 is 34.2 Å². The van der Waals surface area contributed by atoms with Crippen LogP contribution in [0.3, 0.4) is 0 Å². The van der Waals surface area contributed by atoms with Crippen molar-refractivity contribution in [1.82, 2.24) is 10.2 Å². The fraction of sp³-hybridized carbons (Fsp3) is 0.692. The topological polar surface area (TPSA) is 32.3 Å². The zero-order valence-electron chi connectivity index (χ0n) is 10.4. The summed E-state index contributed by atoms with van der Waals surface area (Å²) >= 11 is 6.53. The lowest BCUT2D eigenvalue weighted by atomic mass is 9.94. The molecule has 2 heterocycles. The van der Waals surface area contributed by atoms with E-state index in [1.807, 2.05) is 0 Å². The minimum atomic E-state index is 0.0164. The van der Waals surface area contributed by atoms with Gasteiger partial charge in [-0.2, -0.15) is 0 Å². The van der Waals surface area contributed by atoms with E-state index in [4.69, 9.17) is 12.2 Å². The average molecular weight is 282 g/mol. The summed E-state index contributed by atoms with van der Waals surface area (Å²) in [6, 6.07) is 0.659. The molecule has 3 rings (SSSR count). The van der Waals surface area contributed by atoms with E-state index in [0.29, 0.717) is 10.4 Å². The third-order valence-corrected chi connectivity index (χ3v) is 5.32. The van der Waals surface area contributed by atoms with Crippen LogP contribution in [-0.2, 0) is 4.79 Å². The Balaban J connectivity index is 1.84. The molecule has 0 unspecified atom stereocenters. The Hall–Kier alpha value is -0.550. The molecule has 0 aromatic heterocycles. The van der Waals surface area contributed by atoms with E-state index in [0.717, 1.165) is 17.9 Å². The third-order valence-electron chi connectivity index (χ3n) is 4.05. The molecule has 1 aliphatic carbocycles. The van der Waals surface area contributed by atoms with Gasteiger partial charge in [0.2, 0.25) is 0 Å². The molecule has 0 radical (unpaired) electrons. The van der Waals surface area contributed by atoms with E-state index in [9.17, 15) is 4.79 Å². The number of likely N-dealkylation sites (tertiary alicyclic amines) is 1. The first-order chi connectivity index (χ1) is 8.75. The summed E-state index contributed by atoms with van der Waals surface area (Å²) in [5.41, 5.74) is 1.25. The summed E-state index contributed by atoms with van der Waals surface area (Å²) in [5, 5.41) is 2.74. The van der Waals surface area contributed by atoms with Crippen LogP contribution in [0.5, 0.6) is 0 Å². The maximum atomic E-state index is 11.9. The zero-order valence-corrected chi connectivity index (χ0v) is 12.0. The summed E-state index contributed by atoms with van der Waals surface area (Å²) < 4.78 is 0.609. The fourth-order valence-corrected chi connectivity index (χ4v) is 4.39. The maximum Gasteiger partial charge on any atom is 0.265 e. The molecule has 1 amide bonds. The van der Waals surface area contributed by atoms with E-state index in [-0.39, 0.29) is 5.91 Å². The van der Waals surface area contributed by atoms with Crippen molar-refractivity contribution in [2.45, 2.75) is 51.0 Å². The van der Waals surface area contributed by atoms with Gasteiger partial charge in [-0.05, 0) is 25.7 Å². The zero-order chi connectivity index (χ0) is 12.5. The smallest absolute Gasteiger partial charge is 0.265 e. The number of thioether (sulfide) groups is 1. The van der Waals surface area contributed by atoms with Gasteiger partial charge in [0.1, 0.15) is 4.32 Å². The Labute approximate surface area is 117 Å². The molecule has 5 heteroatoms. The maximum absolute atomic E-state index is 11.9. The minimum absolute atomic E-state index is 0.0164. The van der Waals surface area contributed by atoms with Gasteiger partial charge < -0.3 is 10.2 Å². The number of allylic oxidation sites excluding steroid dienone is 1. The molecule has 0 aromatic rings. The van der Waals surface area contributed by atoms with Crippen LogP contribution >= 0.6 is 24.0 Å². The van der Waals surface area contributed by atoms with E-state index in [2.05, 4.69) is 10.2 Å². The Morgan fingerprint density at radius 1 is 1.22 bits per heavy atom. The van der Waals surface area contributed by atoms with Crippen molar-refractivity contribution in [3.63, 3.8) is 0 Å². The summed E-state index contributed by atoms with van der Waals surface area (Å²) in [6.45, 7) is 1.12. The predicted octanol–water partition coefficient (Wildman–Crippen LogP) is 2.77. The lowest BCUT2D eigenvalue weighted by Gasteiger charge is -2.34. The molecular weight excluding hydrogens is 264 g/mol. The standard InChI is InChI=1S/C13H18N2OS2/c16-12-11(18-13(17)14-12)10-7-4-8-15(10)9-5-2-1-3-6-9/h9H,1-8H2,(H,14,16,17)/b11-10+. The minimum Gasteiger partial charge on any atom is -0.371 e. The summed E-state index contributed by atoms with van der Waals surface area (Å²) in [4.78, 5) is 15.3. The fourth-order valence-electron chi connectivity index (χ4n) is 3.24. The second-order valence-corrected chi connectivity index (χ2v) is 6.90. The molecule has 98 valence electrons. The Bertz CT molecular complexity index is 413. The summed E-state index contributed by atoms with van der Waals surface area (Å²) in [5.74, 6) is 0.0164. The van der Waals surface area contributed by atoms with Gasteiger partial charge in [0.25, 0.3) is 5.91 Å². The molecule has 2 aliphatic heterocycles. The van der Waals surface area contributed by atoms with Gasteiger partial charge in [-0.25, -0.2) is 0 Å². The Kier molecular flexibility index (Phi) is 3.61. The molecule has 3 fully saturated rings. The number of nitrogens with zero attached hydrogens (tertiary/aromatic N) is 1. The van der Waals surface area contributed by atoms with Crippen LogP contribution < -0.4 is 5.32 Å². The van der Waals surface area contributed by atoms with Gasteiger partial charge in [-0.15, -0.1) is 0 Å². The quantitative estimate of drug-likeness (QED) is 0.592. The highest BCUT2D eigenvalue weighted by Crippen LogP contribution is 2.37. The van der Waals surface area contributed by atoms with Crippen LogP contribution in [0.15, 0.2) is 10.6 Å². The SMILES string of the molecule is O=C1NC(=S)S/C1=C1\CCCN1C1CCCCC1. The first-order valence-corrected chi connectivity index (χ1v) is 8.01. The van der Waals surface area contributed by atoms with Gasteiger partial charge in [0.15, 0.2) is 0 Å². The first-order valence-electron chi connectivity index (χ1n) is 6.78. The molecule has 1 N–H and O–H groups in total. The van der Waals surface area contributed by atoms with Crippen LogP contribution in [-0.4, -0.2) is 27.7 Å². The van der Waals surface area contributed by atoms with Crippen molar-refractivity contribution in [3.8, 4) is 0 Å². The lowest BCUT2D eigenvalue weighted by molar-refractivity contribution is -0.115. The van der Waals surface area contributed by atoms with Crippen molar-refractivity contribution in [1.29, 1.82) is 0 Å². The van der Waals surface area contributed by atoms with Gasteiger partial charge >= 0.3 is 0 Å².